The standard InChI is InChI=1S/C23H22BrF4N3O3/c1-13-20(24)21(32)31(12-18(29-2)14-7-4-5-10-19(14)34-3)22(33)30(13)11-15-16(23(26,27)28)8-6-9-17(15)25/h4-10,18,29H,11-12H2,1-3H3. The van der Waals surface area contributed by atoms with Crippen molar-refractivity contribution in [3.63, 3.8) is 0 Å². The normalized spacial score (nSPS) is 12.6. The van der Waals surface area contributed by atoms with Gasteiger partial charge in [-0.2, -0.15) is 13.2 Å². The lowest BCUT2D eigenvalue weighted by atomic mass is 10.1. The fourth-order valence-corrected chi connectivity index (χ4v) is 4.17. The van der Waals surface area contributed by atoms with Crippen molar-refractivity contribution >= 4 is 15.9 Å². The van der Waals surface area contributed by atoms with Gasteiger partial charge < -0.3 is 10.1 Å². The summed E-state index contributed by atoms with van der Waals surface area (Å²) in [5.74, 6) is -0.570. The van der Waals surface area contributed by atoms with Crippen LogP contribution in [0.25, 0.3) is 0 Å². The molecule has 0 aliphatic heterocycles. The zero-order valence-corrected chi connectivity index (χ0v) is 20.1. The number of hydrogen-bond acceptors (Lipinski definition) is 4. The first-order chi connectivity index (χ1) is 16.0. The molecule has 11 heteroatoms. The summed E-state index contributed by atoms with van der Waals surface area (Å²) in [6.45, 7) is 0.557. The highest BCUT2D eigenvalue weighted by Gasteiger charge is 2.35. The minimum atomic E-state index is -4.82. The molecule has 1 aromatic heterocycles. The van der Waals surface area contributed by atoms with Crippen molar-refractivity contribution in [1.29, 1.82) is 0 Å². The quantitative estimate of drug-likeness (QED) is 0.452. The molecule has 1 unspecified atom stereocenters. The SMILES string of the molecule is CNC(Cn1c(=O)c(Br)c(C)n(Cc2c(F)cccc2C(F)(F)F)c1=O)c1ccccc1OC. The van der Waals surface area contributed by atoms with Gasteiger partial charge in [-0.3, -0.25) is 13.9 Å². The third-order valence-corrected chi connectivity index (χ3v) is 6.50. The smallest absolute Gasteiger partial charge is 0.416 e. The lowest BCUT2D eigenvalue weighted by molar-refractivity contribution is -0.138. The Morgan fingerprint density at radius 2 is 1.76 bits per heavy atom. The Kier molecular flexibility index (Phi) is 7.67. The average Bonchev–Trinajstić information content (AvgIpc) is 2.81. The van der Waals surface area contributed by atoms with E-state index in [1.807, 2.05) is 0 Å². The van der Waals surface area contributed by atoms with Gasteiger partial charge in [-0.1, -0.05) is 24.3 Å². The molecule has 0 aliphatic rings. The van der Waals surface area contributed by atoms with E-state index in [0.717, 1.165) is 27.3 Å². The largest absolute Gasteiger partial charge is 0.496 e. The molecule has 6 nitrogen and oxygen atoms in total. The van der Waals surface area contributed by atoms with Gasteiger partial charge in [0.1, 0.15) is 16.0 Å². The Hall–Kier alpha value is -2.92. The molecule has 1 heterocycles. The van der Waals surface area contributed by atoms with E-state index in [-0.39, 0.29) is 16.7 Å². The van der Waals surface area contributed by atoms with Gasteiger partial charge in [0.2, 0.25) is 0 Å². The molecule has 0 spiro atoms. The van der Waals surface area contributed by atoms with Gasteiger partial charge in [0.15, 0.2) is 0 Å². The maximum atomic E-state index is 14.5. The van der Waals surface area contributed by atoms with Crippen molar-refractivity contribution in [2.24, 2.45) is 0 Å². The highest BCUT2D eigenvalue weighted by Crippen LogP contribution is 2.33. The fraction of sp³-hybridized carbons (Fsp3) is 0.304. The van der Waals surface area contributed by atoms with Gasteiger partial charge in [-0.25, -0.2) is 9.18 Å². The van der Waals surface area contributed by atoms with Gasteiger partial charge in [0, 0.05) is 16.8 Å². The van der Waals surface area contributed by atoms with Gasteiger partial charge in [-0.15, -0.1) is 0 Å². The van der Waals surface area contributed by atoms with Gasteiger partial charge >= 0.3 is 11.9 Å². The van der Waals surface area contributed by atoms with E-state index in [9.17, 15) is 27.2 Å². The summed E-state index contributed by atoms with van der Waals surface area (Å²) in [6, 6.07) is 9.10. The van der Waals surface area contributed by atoms with Crippen molar-refractivity contribution < 1.29 is 22.3 Å². The highest BCUT2D eigenvalue weighted by molar-refractivity contribution is 9.10. The number of nitrogens with one attached hydrogen (secondary N) is 1. The van der Waals surface area contributed by atoms with Crippen LogP contribution in [0.15, 0.2) is 56.5 Å². The molecule has 0 aliphatic carbocycles. The van der Waals surface area contributed by atoms with Crippen LogP contribution in [-0.2, 0) is 19.3 Å². The molecular formula is C23H22BrF4N3O3. The molecule has 0 radical (unpaired) electrons. The van der Waals surface area contributed by atoms with Gasteiger partial charge in [0.25, 0.3) is 5.56 Å². The summed E-state index contributed by atoms with van der Waals surface area (Å²) in [5.41, 5.74) is -2.63. The number of para-hydroxylation sites is 1. The summed E-state index contributed by atoms with van der Waals surface area (Å²) in [6.07, 6.45) is -4.82. The second-order valence-corrected chi connectivity index (χ2v) is 8.32. The van der Waals surface area contributed by atoms with Crippen LogP contribution in [0.2, 0.25) is 0 Å². The first-order valence-electron chi connectivity index (χ1n) is 10.2. The Morgan fingerprint density at radius 3 is 2.38 bits per heavy atom. The van der Waals surface area contributed by atoms with E-state index in [0.29, 0.717) is 11.3 Å². The molecule has 182 valence electrons. The highest BCUT2D eigenvalue weighted by atomic mass is 79.9. The Bertz CT molecular complexity index is 1320. The Labute approximate surface area is 200 Å². The molecule has 3 aromatic rings. The number of benzene rings is 2. The third-order valence-electron chi connectivity index (χ3n) is 5.59. The summed E-state index contributed by atoms with van der Waals surface area (Å²) < 4.78 is 62.1. The predicted molar refractivity (Wildman–Crippen MR) is 123 cm³/mol. The van der Waals surface area contributed by atoms with Crippen LogP contribution in [-0.4, -0.2) is 23.3 Å². The zero-order chi connectivity index (χ0) is 25.2. The summed E-state index contributed by atoms with van der Waals surface area (Å²) in [4.78, 5) is 26.3. The van der Waals surface area contributed by atoms with Crippen molar-refractivity contribution in [3.05, 3.63) is 96.0 Å². The molecule has 1 N–H and O–H groups in total. The third kappa shape index (κ3) is 4.95. The number of nitrogens with zero attached hydrogens (tertiary/aromatic N) is 2. The number of ether oxygens (including phenoxy) is 1. The number of likely N-dealkylation sites (N-methyl/N-ethyl adjacent to an activating group) is 1. The molecule has 0 amide bonds. The monoisotopic (exact) mass is 543 g/mol. The van der Waals surface area contributed by atoms with Crippen LogP contribution in [0.3, 0.4) is 0 Å². The van der Waals surface area contributed by atoms with Crippen LogP contribution in [0.1, 0.15) is 28.4 Å². The second kappa shape index (κ2) is 10.1. The number of alkyl halides is 3. The van der Waals surface area contributed by atoms with E-state index < -0.39 is 47.0 Å². The van der Waals surface area contributed by atoms with Crippen LogP contribution < -0.4 is 21.3 Å². The lowest BCUT2D eigenvalue weighted by Crippen LogP contribution is -2.44. The van der Waals surface area contributed by atoms with Crippen LogP contribution in [0, 0.1) is 12.7 Å². The van der Waals surface area contributed by atoms with E-state index in [4.69, 9.17) is 4.74 Å². The molecule has 1 atom stereocenters. The van der Waals surface area contributed by atoms with Crippen molar-refractivity contribution in [2.75, 3.05) is 14.2 Å². The lowest BCUT2D eigenvalue weighted by Gasteiger charge is -2.22. The maximum Gasteiger partial charge on any atom is 0.416 e. The van der Waals surface area contributed by atoms with Crippen LogP contribution in [0.4, 0.5) is 17.6 Å². The summed E-state index contributed by atoms with van der Waals surface area (Å²) in [7, 11) is 3.12. The topological polar surface area (TPSA) is 65.3 Å². The Morgan fingerprint density at radius 1 is 1.09 bits per heavy atom. The minimum absolute atomic E-state index is 0.00752. The molecule has 0 saturated carbocycles. The maximum absolute atomic E-state index is 14.5. The van der Waals surface area contributed by atoms with Crippen molar-refractivity contribution in [3.8, 4) is 5.75 Å². The molecule has 3 rings (SSSR count). The van der Waals surface area contributed by atoms with Gasteiger partial charge in [0.05, 0.1) is 31.8 Å². The first kappa shape index (κ1) is 25.7. The van der Waals surface area contributed by atoms with Crippen molar-refractivity contribution in [2.45, 2.75) is 32.2 Å². The average molecular weight is 544 g/mol. The second-order valence-electron chi connectivity index (χ2n) is 7.53. The molecule has 0 bridgehead atoms. The minimum Gasteiger partial charge on any atom is -0.496 e. The van der Waals surface area contributed by atoms with Crippen LogP contribution >= 0.6 is 15.9 Å². The van der Waals surface area contributed by atoms with E-state index >= 15 is 0 Å². The molecule has 0 fully saturated rings. The first-order valence-corrected chi connectivity index (χ1v) is 10.9. The number of hydrogen-bond donors (Lipinski definition) is 1. The number of methoxy groups -OCH3 is 1. The van der Waals surface area contributed by atoms with Crippen LogP contribution in [0.5, 0.6) is 5.75 Å². The van der Waals surface area contributed by atoms with Gasteiger partial charge in [-0.05, 0) is 48.1 Å². The molecule has 34 heavy (non-hydrogen) atoms. The molecular weight excluding hydrogens is 522 g/mol. The van der Waals surface area contributed by atoms with E-state index in [2.05, 4.69) is 21.2 Å². The Balaban J connectivity index is 2.15. The number of halogens is 5. The summed E-state index contributed by atoms with van der Waals surface area (Å²) in [5, 5.41) is 3.03. The van der Waals surface area contributed by atoms with Crippen molar-refractivity contribution in [1.82, 2.24) is 14.5 Å². The fourth-order valence-electron chi connectivity index (χ4n) is 3.74. The molecule has 2 aromatic carbocycles. The number of aromatic nitrogens is 2. The summed E-state index contributed by atoms with van der Waals surface area (Å²) >= 11 is 3.15. The number of rotatable bonds is 7. The zero-order valence-electron chi connectivity index (χ0n) is 18.5. The predicted octanol–water partition coefficient (Wildman–Crippen LogP) is 4.26. The van der Waals surface area contributed by atoms with E-state index in [1.54, 1.807) is 31.3 Å². The molecule has 0 saturated heterocycles. The van der Waals surface area contributed by atoms with E-state index in [1.165, 1.54) is 14.0 Å².